The lowest BCUT2D eigenvalue weighted by atomic mass is 9.78. The quantitative estimate of drug-likeness (QED) is 0.483. The van der Waals surface area contributed by atoms with Crippen molar-refractivity contribution in [2.45, 2.75) is 103 Å². The first kappa shape index (κ1) is 22.4. The average Bonchev–Trinajstić information content (AvgIpc) is 2.50. The Hall–Kier alpha value is -0.853. The van der Waals surface area contributed by atoms with E-state index in [9.17, 15) is 4.79 Å². The maximum atomic E-state index is 12.3. The summed E-state index contributed by atoms with van der Waals surface area (Å²) in [5.41, 5.74) is -0.333. The molecule has 5 nitrogen and oxygen atoms in total. The summed E-state index contributed by atoms with van der Waals surface area (Å²) in [6, 6.07) is 0. The monoisotopic (exact) mass is 398 g/mol. The fourth-order valence-electron chi connectivity index (χ4n) is 3.63. The van der Waals surface area contributed by atoms with Gasteiger partial charge in [-0.3, -0.25) is 0 Å². The van der Waals surface area contributed by atoms with Gasteiger partial charge in [-0.2, -0.15) is 0 Å². The minimum absolute atomic E-state index is 0.0417. The second-order valence-electron chi connectivity index (χ2n) is 10.3. The van der Waals surface area contributed by atoms with E-state index in [0.717, 1.165) is 25.7 Å². The highest BCUT2D eigenvalue weighted by Crippen LogP contribution is 2.50. The molecule has 1 fully saturated rings. The van der Waals surface area contributed by atoms with Crippen LogP contribution >= 0.6 is 0 Å². The number of carbonyl (C=O) groups is 1. The molecule has 0 amide bonds. The van der Waals surface area contributed by atoms with E-state index in [-0.39, 0.29) is 28.4 Å². The number of ether oxygens (including phenoxy) is 3. The smallest absolute Gasteiger partial charge is 0.373 e. The summed E-state index contributed by atoms with van der Waals surface area (Å²) >= 11 is 0. The van der Waals surface area contributed by atoms with Gasteiger partial charge in [0.05, 0.1) is 24.7 Å². The Morgan fingerprint density at radius 1 is 1.19 bits per heavy atom. The first-order chi connectivity index (χ1) is 12.2. The minimum Gasteiger partial charge on any atom is -0.463 e. The SMILES string of the molecule is COC(=O)C1=C[C@H](OC(C)(C)C)[C@H]2CCCC[C@]2(O[Si](C)(C)C(C)(C)C)O1. The molecule has 6 heteroatoms. The van der Waals surface area contributed by atoms with Crippen LogP contribution in [0, 0.1) is 5.92 Å². The van der Waals surface area contributed by atoms with Crippen molar-refractivity contribution in [3.8, 4) is 0 Å². The van der Waals surface area contributed by atoms with E-state index in [0.29, 0.717) is 0 Å². The molecular formula is C21H38O5Si. The van der Waals surface area contributed by atoms with E-state index in [1.165, 1.54) is 7.11 Å². The standard InChI is InChI=1S/C21H38O5Si/c1-19(2,3)24-16-14-17(18(22)23-7)25-21(13-11-10-12-15(16)21)26-27(8,9)20(4,5)6/h14-16H,10-13H2,1-9H3/t15-,16+,21-/m1/s1. The predicted molar refractivity (Wildman–Crippen MR) is 109 cm³/mol. The summed E-state index contributed by atoms with van der Waals surface area (Å²) in [5, 5.41) is 0.0417. The molecule has 1 saturated carbocycles. The van der Waals surface area contributed by atoms with E-state index in [1.807, 2.05) is 20.8 Å². The van der Waals surface area contributed by atoms with Crippen LogP contribution in [0.4, 0.5) is 0 Å². The van der Waals surface area contributed by atoms with Crippen LogP contribution in [-0.4, -0.2) is 38.9 Å². The van der Waals surface area contributed by atoms with Gasteiger partial charge in [0.15, 0.2) is 8.32 Å². The van der Waals surface area contributed by atoms with Gasteiger partial charge in [-0.15, -0.1) is 0 Å². The normalized spacial score (nSPS) is 29.4. The Morgan fingerprint density at radius 2 is 1.81 bits per heavy atom. The molecule has 0 aromatic rings. The lowest BCUT2D eigenvalue weighted by molar-refractivity contribution is -0.258. The molecule has 1 heterocycles. The number of carbonyl (C=O) groups excluding carboxylic acids is 1. The Bertz CT molecular complexity index is 584. The maximum Gasteiger partial charge on any atom is 0.373 e. The van der Waals surface area contributed by atoms with Gasteiger partial charge in [-0.25, -0.2) is 4.79 Å². The first-order valence-corrected chi connectivity index (χ1v) is 13.0. The second-order valence-corrected chi connectivity index (χ2v) is 15.1. The molecule has 0 N–H and O–H groups in total. The summed E-state index contributed by atoms with van der Waals surface area (Å²) < 4.78 is 24.5. The molecule has 1 aliphatic heterocycles. The van der Waals surface area contributed by atoms with Crippen molar-refractivity contribution in [2.24, 2.45) is 5.92 Å². The van der Waals surface area contributed by atoms with Crippen molar-refractivity contribution < 1.29 is 23.4 Å². The number of esters is 1. The zero-order valence-electron chi connectivity index (χ0n) is 18.6. The lowest BCUT2D eigenvalue weighted by Gasteiger charge is -2.54. The van der Waals surface area contributed by atoms with Crippen LogP contribution in [0.1, 0.15) is 67.2 Å². The van der Waals surface area contributed by atoms with Crippen LogP contribution in [0.3, 0.4) is 0 Å². The summed E-state index contributed by atoms with van der Waals surface area (Å²) in [4.78, 5) is 12.3. The Balaban J connectivity index is 2.48. The molecule has 0 aromatic heterocycles. The highest BCUT2D eigenvalue weighted by Gasteiger charge is 2.56. The Kier molecular flexibility index (Phi) is 6.25. The number of fused-ring (bicyclic) bond motifs is 1. The Morgan fingerprint density at radius 3 is 2.33 bits per heavy atom. The summed E-state index contributed by atoms with van der Waals surface area (Å²) in [5.74, 6) is -1.02. The first-order valence-electron chi connectivity index (χ1n) is 10.1. The maximum absolute atomic E-state index is 12.3. The van der Waals surface area contributed by atoms with E-state index in [2.05, 4.69) is 33.9 Å². The number of rotatable bonds is 4. The fraction of sp³-hybridized carbons (Fsp3) is 0.857. The molecule has 0 aromatic carbocycles. The molecule has 27 heavy (non-hydrogen) atoms. The van der Waals surface area contributed by atoms with Crippen LogP contribution in [0.15, 0.2) is 11.8 Å². The zero-order valence-corrected chi connectivity index (χ0v) is 19.6. The molecule has 1 aliphatic carbocycles. The van der Waals surface area contributed by atoms with Crippen molar-refractivity contribution >= 4 is 14.3 Å². The van der Waals surface area contributed by atoms with Crippen LogP contribution in [0.2, 0.25) is 18.1 Å². The van der Waals surface area contributed by atoms with Gasteiger partial charge in [0.25, 0.3) is 0 Å². The topological polar surface area (TPSA) is 54.0 Å². The van der Waals surface area contributed by atoms with Crippen molar-refractivity contribution in [3.05, 3.63) is 11.8 Å². The van der Waals surface area contributed by atoms with Gasteiger partial charge >= 0.3 is 5.97 Å². The molecule has 0 spiro atoms. The molecule has 0 bridgehead atoms. The van der Waals surface area contributed by atoms with Crippen molar-refractivity contribution in [3.63, 3.8) is 0 Å². The molecule has 0 radical (unpaired) electrons. The van der Waals surface area contributed by atoms with Crippen LogP contribution in [-0.2, 0) is 23.4 Å². The minimum atomic E-state index is -2.13. The van der Waals surface area contributed by atoms with Crippen LogP contribution in [0.5, 0.6) is 0 Å². The summed E-state index contributed by atoms with van der Waals surface area (Å²) in [6.45, 7) is 17.2. The molecule has 2 aliphatic rings. The number of methoxy groups -OCH3 is 1. The van der Waals surface area contributed by atoms with Gasteiger partial charge < -0.3 is 18.6 Å². The number of hydrogen-bond acceptors (Lipinski definition) is 5. The molecule has 0 saturated heterocycles. The third-order valence-corrected chi connectivity index (χ3v) is 10.4. The van der Waals surface area contributed by atoms with Crippen LogP contribution < -0.4 is 0 Å². The van der Waals surface area contributed by atoms with Crippen molar-refractivity contribution in [1.29, 1.82) is 0 Å². The molecule has 3 atom stereocenters. The van der Waals surface area contributed by atoms with E-state index in [1.54, 1.807) is 6.08 Å². The van der Waals surface area contributed by atoms with Crippen molar-refractivity contribution in [2.75, 3.05) is 7.11 Å². The van der Waals surface area contributed by atoms with Gasteiger partial charge in [-0.1, -0.05) is 27.2 Å². The second kappa shape index (κ2) is 7.52. The zero-order chi connectivity index (χ0) is 20.7. The third kappa shape index (κ3) is 4.95. The summed E-state index contributed by atoms with van der Waals surface area (Å²) in [6.07, 6.45) is 5.41. The largest absolute Gasteiger partial charge is 0.463 e. The molecule has 2 rings (SSSR count). The fourth-order valence-corrected chi connectivity index (χ4v) is 5.10. The van der Waals surface area contributed by atoms with Gasteiger partial charge in [0, 0.05) is 6.42 Å². The lowest BCUT2D eigenvalue weighted by Crippen LogP contribution is -2.60. The van der Waals surface area contributed by atoms with Gasteiger partial charge in [-0.05, 0) is 57.8 Å². The molecule has 156 valence electrons. The summed E-state index contributed by atoms with van der Waals surface area (Å²) in [7, 11) is -0.757. The molecule has 0 unspecified atom stereocenters. The van der Waals surface area contributed by atoms with E-state index in [4.69, 9.17) is 18.6 Å². The van der Waals surface area contributed by atoms with Gasteiger partial charge in [0.2, 0.25) is 11.5 Å². The van der Waals surface area contributed by atoms with E-state index < -0.39 is 20.1 Å². The van der Waals surface area contributed by atoms with Crippen LogP contribution in [0.25, 0.3) is 0 Å². The predicted octanol–water partition coefficient (Wildman–Crippen LogP) is 5.17. The van der Waals surface area contributed by atoms with Crippen molar-refractivity contribution in [1.82, 2.24) is 0 Å². The Labute approximate surface area is 165 Å². The van der Waals surface area contributed by atoms with E-state index >= 15 is 0 Å². The number of hydrogen-bond donors (Lipinski definition) is 0. The highest BCUT2D eigenvalue weighted by atomic mass is 28.4. The molecular weight excluding hydrogens is 360 g/mol. The third-order valence-electron chi connectivity index (χ3n) is 5.96. The highest BCUT2D eigenvalue weighted by molar-refractivity contribution is 6.74. The average molecular weight is 399 g/mol. The van der Waals surface area contributed by atoms with Gasteiger partial charge in [0.1, 0.15) is 0 Å².